The Balaban J connectivity index is 1.49. The van der Waals surface area contributed by atoms with Gasteiger partial charge in [0.05, 0.1) is 7.11 Å². The molecule has 0 bridgehead atoms. The molecule has 0 radical (unpaired) electrons. The van der Waals surface area contributed by atoms with Gasteiger partial charge in [0.1, 0.15) is 5.75 Å². The Morgan fingerprint density at radius 3 is 2.95 bits per heavy atom. The number of methoxy groups -OCH3 is 1. The van der Waals surface area contributed by atoms with E-state index in [0.717, 1.165) is 18.6 Å². The van der Waals surface area contributed by atoms with Gasteiger partial charge in [-0.1, -0.05) is 0 Å². The lowest BCUT2D eigenvalue weighted by molar-refractivity contribution is -0.0676. The Bertz CT molecular complexity index is 476. The lowest BCUT2D eigenvalue weighted by atomic mass is 9.72. The van der Waals surface area contributed by atoms with E-state index in [0.29, 0.717) is 11.5 Å². The van der Waals surface area contributed by atoms with Crippen molar-refractivity contribution >= 4 is 0 Å². The van der Waals surface area contributed by atoms with E-state index in [-0.39, 0.29) is 0 Å². The quantitative estimate of drug-likeness (QED) is 0.854. The number of nitrogens with zero attached hydrogens (tertiary/aromatic N) is 2. The molecule has 102 valence electrons. The van der Waals surface area contributed by atoms with Crippen molar-refractivity contribution in [3.8, 4) is 5.75 Å². The number of aryl methyl sites for hydroxylation is 1. The number of rotatable bonds is 2. The van der Waals surface area contributed by atoms with Crippen LogP contribution in [-0.2, 0) is 12.8 Å². The zero-order valence-corrected chi connectivity index (χ0v) is 11.5. The van der Waals surface area contributed by atoms with Crippen molar-refractivity contribution in [3.63, 3.8) is 0 Å². The van der Waals surface area contributed by atoms with Crippen molar-refractivity contribution in [1.82, 2.24) is 15.2 Å². The lowest BCUT2D eigenvalue weighted by Crippen LogP contribution is -2.72. The van der Waals surface area contributed by atoms with Crippen LogP contribution in [0.4, 0.5) is 0 Å². The van der Waals surface area contributed by atoms with Crippen LogP contribution >= 0.6 is 0 Å². The van der Waals surface area contributed by atoms with Gasteiger partial charge >= 0.3 is 0 Å². The SMILES string of the molecule is COc1ccnc2c1CC(N1CC3(CNC3)C1)CC2. The highest BCUT2D eigenvalue weighted by Crippen LogP contribution is 2.39. The van der Waals surface area contributed by atoms with Crippen LogP contribution in [0.3, 0.4) is 0 Å². The summed E-state index contributed by atoms with van der Waals surface area (Å²) in [5, 5.41) is 3.40. The number of ether oxygens (including phenoxy) is 1. The molecule has 19 heavy (non-hydrogen) atoms. The van der Waals surface area contributed by atoms with Gasteiger partial charge < -0.3 is 10.1 Å². The van der Waals surface area contributed by atoms with Crippen molar-refractivity contribution in [3.05, 3.63) is 23.5 Å². The summed E-state index contributed by atoms with van der Waals surface area (Å²) >= 11 is 0. The molecule has 3 aliphatic rings. The third-order valence-corrected chi connectivity index (χ3v) is 5.07. The molecule has 4 heteroatoms. The first-order chi connectivity index (χ1) is 9.30. The summed E-state index contributed by atoms with van der Waals surface area (Å²) in [7, 11) is 1.76. The highest BCUT2D eigenvalue weighted by molar-refractivity contribution is 5.38. The average molecular weight is 259 g/mol. The molecule has 2 fully saturated rings. The van der Waals surface area contributed by atoms with Crippen molar-refractivity contribution in [2.24, 2.45) is 5.41 Å². The number of hydrogen-bond acceptors (Lipinski definition) is 4. The smallest absolute Gasteiger partial charge is 0.125 e. The van der Waals surface area contributed by atoms with Gasteiger partial charge in [0.25, 0.3) is 0 Å². The fraction of sp³-hybridized carbons (Fsp3) is 0.667. The minimum Gasteiger partial charge on any atom is -0.496 e. The van der Waals surface area contributed by atoms with Crippen LogP contribution in [-0.4, -0.2) is 49.2 Å². The highest BCUT2D eigenvalue weighted by Gasteiger charge is 2.49. The van der Waals surface area contributed by atoms with Crippen molar-refractivity contribution in [1.29, 1.82) is 0 Å². The lowest BCUT2D eigenvalue weighted by Gasteiger charge is -2.59. The molecule has 1 unspecified atom stereocenters. The van der Waals surface area contributed by atoms with Crippen molar-refractivity contribution in [2.45, 2.75) is 25.3 Å². The summed E-state index contributed by atoms with van der Waals surface area (Å²) in [4.78, 5) is 7.18. The molecule has 2 aliphatic heterocycles. The van der Waals surface area contributed by atoms with Crippen LogP contribution in [0.5, 0.6) is 5.75 Å². The second kappa shape index (κ2) is 4.18. The van der Waals surface area contributed by atoms with Crippen molar-refractivity contribution in [2.75, 3.05) is 33.3 Å². The van der Waals surface area contributed by atoms with E-state index in [1.165, 1.54) is 43.9 Å². The summed E-state index contributed by atoms with van der Waals surface area (Å²) < 4.78 is 5.50. The molecule has 4 rings (SSSR count). The van der Waals surface area contributed by atoms with Crippen LogP contribution in [0.15, 0.2) is 12.3 Å². The number of aromatic nitrogens is 1. The average Bonchev–Trinajstić information content (AvgIpc) is 2.34. The van der Waals surface area contributed by atoms with Gasteiger partial charge in [-0.05, 0) is 25.3 Å². The molecule has 2 saturated heterocycles. The molecule has 4 nitrogen and oxygen atoms in total. The van der Waals surface area contributed by atoms with Gasteiger partial charge in [-0.25, -0.2) is 0 Å². The van der Waals surface area contributed by atoms with Crippen LogP contribution in [0.1, 0.15) is 17.7 Å². The predicted octanol–water partition coefficient (Wildman–Crippen LogP) is 0.853. The van der Waals surface area contributed by atoms with Crippen LogP contribution in [0.2, 0.25) is 0 Å². The van der Waals surface area contributed by atoms with Gasteiger partial charge in [-0.15, -0.1) is 0 Å². The second-order valence-corrected chi connectivity index (χ2v) is 6.34. The maximum Gasteiger partial charge on any atom is 0.125 e. The molecule has 1 N–H and O–H groups in total. The van der Waals surface area contributed by atoms with Gasteiger partial charge in [-0.2, -0.15) is 0 Å². The second-order valence-electron chi connectivity index (χ2n) is 6.34. The minimum absolute atomic E-state index is 0.624. The molecule has 1 spiro atoms. The molecular weight excluding hydrogens is 238 g/mol. The van der Waals surface area contributed by atoms with E-state index in [9.17, 15) is 0 Å². The third kappa shape index (κ3) is 1.77. The Labute approximate surface area is 114 Å². The number of pyridine rings is 1. The Morgan fingerprint density at radius 2 is 2.26 bits per heavy atom. The molecular formula is C15H21N3O. The van der Waals surface area contributed by atoms with Gasteiger partial charge in [0, 0.05) is 55.1 Å². The van der Waals surface area contributed by atoms with Gasteiger partial charge in [0.2, 0.25) is 0 Å². The van der Waals surface area contributed by atoms with Gasteiger partial charge in [-0.3, -0.25) is 9.88 Å². The molecule has 1 aromatic heterocycles. The molecule has 1 atom stereocenters. The molecule has 3 heterocycles. The zero-order valence-electron chi connectivity index (χ0n) is 11.5. The summed E-state index contributed by atoms with van der Waals surface area (Å²) in [6.45, 7) is 5.00. The number of fused-ring (bicyclic) bond motifs is 1. The predicted molar refractivity (Wildman–Crippen MR) is 73.5 cm³/mol. The van der Waals surface area contributed by atoms with Crippen LogP contribution in [0.25, 0.3) is 0 Å². The first-order valence-corrected chi connectivity index (χ1v) is 7.25. The summed E-state index contributed by atoms with van der Waals surface area (Å²) in [6.07, 6.45) is 5.32. The standard InChI is InChI=1S/C15H21N3O/c1-19-14-4-5-17-13-3-2-11(6-12(13)14)18-9-15(10-18)7-16-8-15/h4-5,11,16H,2-3,6-10H2,1H3. The van der Waals surface area contributed by atoms with E-state index < -0.39 is 0 Å². The van der Waals surface area contributed by atoms with E-state index in [2.05, 4.69) is 15.2 Å². The Hall–Kier alpha value is -1.13. The zero-order chi connectivity index (χ0) is 12.9. The Morgan fingerprint density at radius 1 is 1.42 bits per heavy atom. The third-order valence-electron chi connectivity index (χ3n) is 5.07. The molecule has 0 saturated carbocycles. The highest BCUT2D eigenvalue weighted by atomic mass is 16.5. The van der Waals surface area contributed by atoms with Gasteiger partial charge in [0.15, 0.2) is 0 Å². The summed E-state index contributed by atoms with van der Waals surface area (Å²) in [6, 6.07) is 2.69. The normalized spacial score (nSPS) is 28.4. The first-order valence-electron chi connectivity index (χ1n) is 7.25. The number of likely N-dealkylation sites (tertiary alicyclic amines) is 1. The van der Waals surface area contributed by atoms with E-state index in [1.807, 2.05) is 12.3 Å². The van der Waals surface area contributed by atoms with E-state index >= 15 is 0 Å². The number of nitrogens with one attached hydrogen (secondary N) is 1. The maximum absolute atomic E-state index is 5.50. The molecule has 1 aliphatic carbocycles. The van der Waals surface area contributed by atoms with Crippen molar-refractivity contribution < 1.29 is 4.74 Å². The monoisotopic (exact) mass is 259 g/mol. The summed E-state index contributed by atoms with van der Waals surface area (Å²) in [5.74, 6) is 1.02. The molecule has 0 amide bonds. The van der Waals surface area contributed by atoms with E-state index in [1.54, 1.807) is 7.11 Å². The van der Waals surface area contributed by atoms with Crippen LogP contribution < -0.4 is 10.1 Å². The fourth-order valence-electron chi connectivity index (χ4n) is 3.87. The van der Waals surface area contributed by atoms with Crippen LogP contribution in [0, 0.1) is 5.41 Å². The molecule has 1 aromatic rings. The topological polar surface area (TPSA) is 37.4 Å². The maximum atomic E-state index is 5.50. The summed E-state index contributed by atoms with van der Waals surface area (Å²) in [5.41, 5.74) is 3.21. The van der Waals surface area contributed by atoms with E-state index in [4.69, 9.17) is 4.74 Å². The largest absolute Gasteiger partial charge is 0.496 e. The molecule has 0 aromatic carbocycles. The fourth-order valence-corrected chi connectivity index (χ4v) is 3.87. The first kappa shape index (κ1) is 11.7. The number of hydrogen-bond donors (Lipinski definition) is 1. The minimum atomic E-state index is 0.624. The Kier molecular flexibility index (Phi) is 2.57.